The van der Waals surface area contributed by atoms with E-state index in [0.717, 1.165) is 5.56 Å². The van der Waals surface area contributed by atoms with Crippen LogP contribution in [0.2, 0.25) is 0 Å². The highest BCUT2D eigenvalue weighted by Crippen LogP contribution is 2.21. The lowest BCUT2D eigenvalue weighted by Crippen LogP contribution is -2.54. The fraction of sp³-hybridized carbons (Fsp3) is 0.182. The smallest absolute Gasteiger partial charge is 0.275 e. The minimum Gasteiger partial charge on any atom is -0.378 e. The van der Waals surface area contributed by atoms with E-state index in [-0.39, 0.29) is 23.6 Å². The molecule has 2 amide bonds. The molecule has 0 unspecified atom stereocenters. The molecule has 2 aromatic carbocycles. The summed E-state index contributed by atoms with van der Waals surface area (Å²) >= 11 is 0. The van der Waals surface area contributed by atoms with Gasteiger partial charge >= 0.3 is 0 Å². The van der Waals surface area contributed by atoms with Crippen molar-refractivity contribution in [2.75, 3.05) is 25.5 Å². The number of para-hydroxylation sites is 1. The third-order valence-electron chi connectivity index (χ3n) is 4.77. The van der Waals surface area contributed by atoms with Crippen molar-refractivity contribution in [3.8, 4) is 11.3 Å². The number of carbonyl (C=O) groups is 2. The molecule has 7 nitrogen and oxygen atoms in total. The number of carbonyl (C=O) groups excluding carboxylic acids is 2. The molecule has 0 spiro atoms. The van der Waals surface area contributed by atoms with Gasteiger partial charge in [-0.1, -0.05) is 30.3 Å². The van der Waals surface area contributed by atoms with E-state index in [0.29, 0.717) is 30.0 Å². The lowest BCUT2D eigenvalue weighted by Gasteiger charge is -2.38. The molecule has 4 rings (SSSR count). The quantitative estimate of drug-likeness (QED) is 0.727. The molecule has 0 atom stereocenters. The maximum Gasteiger partial charge on any atom is 0.275 e. The van der Waals surface area contributed by atoms with Crippen LogP contribution in [0.15, 0.2) is 67.0 Å². The summed E-state index contributed by atoms with van der Waals surface area (Å²) in [5.74, 6) is -0.393. The average molecular weight is 388 g/mol. The van der Waals surface area contributed by atoms with Crippen LogP contribution >= 0.6 is 0 Å². The number of methoxy groups -OCH3 is 1. The van der Waals surface area contributed by atoms with Crippen LogP contribution in [-0.4, -0.2) is 53.0 Å². The van der Waals surface area contributed by atoms with Crippen LogP contribution in [0.3, 0.4) is 0 Å². The third-order valence-corrected chi connectivity index (χ3v) is 4.77. The fourth-order valence-corrected chi connectivity index (χ4v) is 3.08. The molecule has 1 saturated heterocycles. The number of likely N-dealkylation sites (tertiary alicyclic amines) is 1. The molecule has 1 aliphatic heterocycles. The minimum atomic E-state index is -0.344. The number of benzene rings is 2. The van der Waals surface area contributed by atoms with Gasteiger partial charge in [0.25, 0.3) is 11.8 Å². The monoisotopic (exact) mass is 388 g/mol. The van der Waals surface area contributed by atoms with Crippen molar-refractivity contribution < 1.29 is 14.3 Å². The van der Waals surface area contributed by atoms with Gasteiger partial charge in [-0.05, 0) is 24.3 Å². The predicted octanol–water partition coefficient (Wildman–Crippen LogP) is 2.87. The summed E-state index contributed by atoms with van der Waals surface area (Å²) in [6.45, 7) is 1.18. The summed E-state index contributed by atoms with van der Waals surface area (Å²) in [7, 11) is 1.65. The molecule has 1 fully saturated rings. The molecule has 146 valence electrons. The number of anilines is 1. The lowest BCUT2D eigenvalue weighted by molar-refractivity contribution is -0.0191. The topological polar surface area (TPSA) is 84.4 Å². The highest BCUT2D eigenvalue weighted by atomic mass is 16.5. The van der Waals surface area contributed by atoms with Gasteiger partial charge in [-0.3, -0.25) is 14.6 Å². The molecule has 0 bridgehead atoms. The molecule has 29 heavy (non-hydrogen) atoms. The molecule has 1 aliphatic rings. The van der Waals surface area contributed by atoms with Gasteiger partial charge < -0.3 is 15.0 Å². The largest absolute Gasteiger partial charge is 0.378 e. The van der Waals surface area contributed by atoms with E-state index in [2.05, 4.69) is 15.3 Å². The van der Waals surface area contributed by atoms with Gasteiger partial charge in [-0.25, -0.2) is 4.98 Å². The van der Waals surface area contributed by atoms with Gasteiger partial charge in [0, 0.05) is 37.0 Å². The van der Waals surface area contributed by atoms with Crippen molar-refractivity contribution in [3.63, 3.8) is 0 Å². The van der Waals surface area contributed by atoms with Crippen LogP contribution in [-0.2, 0) is 4.74 Å². The van der Waals surface area contributed by atoms with Crippen LogP contribution < -0.4 is 5.32 Å². The van der Waals surface area contributed by atoms with E-state index in [1.54, 1.807) is 48.5 Å². The van der Waals surface area contributed by atoms with E-state index >= 15 is 0 Å². The molecule has 1 aromatic heterocycles. The zero-order chi connectivity index (χ0) is 20.2. The van der Waals surface area contributed by atoms with Crippen molar-refractivity contribution in [1.29, 1.82) is 0 Å². The molecule has 7 heteroatoms. The summed E-state index contributed by atoms with van der Waals surface area (Å²) < 4.78 is 5.22. The number of ether oxygens (including phenoxy) is 1. The summed E-state index contributed by atoms with van der Waals surface area (Å²) in [6, 6.07) is 16.3. The lowest BCUT2D eigenvalue weighted by atomic mass is 10.0. The van der Waals surface area contributed by atoms with Crippen LogP contribution in [0.25, 0.3) is 11.3 Å². The number of aromatic nitrogens is 2. The molecule has 1 N–H and O–H groups in total. The van der Waals surface area contributed by atoms with E-state index in [9.17, 15) is 9.59 Å². The first kappa shape index (κ1) is 18.8. The predicted molar refractivity (Wildman–Crippen MR) is 109 cm³/mol. The summed E-state index contributed by atoms with van der Waals surface area (Å²) in [5, 5.41) is 2.79. The number of hydrogen-bond donors (Lipinski definition) is 1. The highest BCUT2D eigenvalue weighted by molar-refractivity contribution is 6.03. The highest BCUT2D eigenvalue weighted by Gasteiger charge is 2.31. The van der Waals surface area contributed by atoms with Crippen molar-refractivity contribution in [1.82, 2.24) is 14.9 Å². The fourth-order valence-electron chi connectivity index (χ4n) is 3.08. The Hall–Kier alpha value is -3.58. The van der Waals surface area contributed by atoms with Crippen LogP contribution in [0, 0.1) is 0 Å². The molecule has 0 saturated carbocycles. The van der Waals surface area contributed by atoms with Gasteiger partial charge in [-0.15, -0.1) is 0 Å². The standard InChI is InChI=1S/C22H20N4O3/c1-29-18-13-26(14-18)22(28)16-7-5-6-15(10-16)19-11-23-12-20(25-19)21(27)24-17-8-3-2-4-9-17/h2-12,18H,13-14H2,1H3,(H,24,27). The minimum absolute atomic E-state index is 0.0499. The SMILES string of the molecule is COC1CN(C(=O)c2cccc(-c3cncc(C(=O)Nc4ccccc4)n3)c2)C1. The molecule has 0 radical (unpaired) electrons. The Morgan fingerprint density at radius 3 is 2.62 bits per heavy atom. The van der Waals surface area contributed by atoms with E-state index in [1.165, 1.54) is 6.20 Å². The molecule has 0 aliphatic carbocycles. The van der Waals surface area contributed by atoms with Gasteiger partial charge in [0.2, 0.25) is 0 Å². The summed E-state index contributed by atoms with van der Waals surface area (Å²) in [5.41, 5.74) is 2.70. The molecule has 2 heterocycles. The van der Waals surface area contributed by atoms with Crippen LogP contribution in [0.4, 0.5) is 5.69 Å². The Kier molecular flexibility index (Phi) is 5.31. The van der Waals surface area contributed by atoms with E-state index < -0.39 is 0 Å². The first-order chi connectivity index (χ1) is 14.1. The van der Waals surface area contributed by atoms with Crippen molar-refractivity contribution >= 4 is 17.5 Å². The Labute approximate surface area is 168 Å². The summed E-state index contributed by atoms with van der Waals surface area (Å²) in [4.78, 5) is 35.4. The average Bonchev–Trinajstić information content (AvgIpc) is 2.74. The molecular formula is C22H20N4O3. The second-order valence-corrected chi connectivity index (χ2v) is 6.76. The first-order valence-electron chi connectivity index (χ1n) is 9.25. The Bertz CT molecular complexity index is 1030. The zero-order valence-electron chi connectivity index (χ0n) is 15.9. The zero-order valence-corrected chi connectivity index (χ0v) is 15.9. The van der Waals surface area contributed by atoms with Crippen LogP contribution in [0.1, 0.15) is 20.8 Å². The van der Waals surface area contributed by atoms with Crippen molar-refractivity contribution in [3.05, 3.63) is 78.2 Å². The van der Waals surface area contributed by atoms with Gasteiger partial charge in [-0.2, -0.15) is 0 Å². The maximum atomic E-state index is 12.6. The molecular weight excluding hydrogens is 368 g/mol. The van der Waals surface area contributed by atoms with E-state index in [4.69, 9.17) is 4.74 Å². The third kappa shape index (κ3) is 4.14. The normalized spacial score (nSPS) is 13.6. The Balaban J connectivity index is 1.52. The Morgan fingerprint density at radius 1 is 1.07 bits per heavy atom. The Morgan fingerprint density at radius 2 is 1.86 bits per heavy atom. The first-order valence-corrected chi connectivity index (χ1v) is 9.25. The number of rotatable bonds is 5. The van der Waals surface area contributed by atoms with Crippen LogP contribution in [0.5, 0.6) is 0 Å². The van der Waals surface area contributed by atoms with E-state index in [1.807, 2.05) is 24.3 Å². The summed E-state index contributed by atoms with van der Waals surface area (Å²) in [6.07, 6.45) is 3.10. The van der Waals surface area contributed by atoms with Crippen molar-refractivity contribution in [2.45, 2.75) is 6.10 Å². The molecule has 3 aromatic rings. The van der Waals surface area contributed by atoms with Crippen molar-refractivity contribution in [2.24, 2.45) is 0 Å². The van der Waals surface area contributed by atoms with Gasteiger partial charge in [0.05, 0.1) is 24.2 Å². The number of hydrogen-bond acceptors (Lipinski definition) is 5. The number of amides is 2. The number of nitrogens with one attached hydrogen (secondary N) is 1. The maximum absolute atomic E-state index is 12.6. The second-order valence-electron chi connectivity index (χ2n) is 6.76. The van der Waals surface area contributed by atoms with Gasteiger partial charge in [0.15, 0.2) is 0 Å². The van der Waals surface area contributed by atoms with Gasteiger partial charge in [0.1, 0.15) is 5.69 Å². The second kappa shape index (κ2) is 8.20. The number of nitrogens with zero attached hydrogens (tertiary/aromatic N) is 3.